The minimum Gasteiger partial charge on any atom is -0.506 e. The van der Waals surface area contributed by atoms with E-state index in [1.165, 1.54) is 6.07 Å². The van der Waals surface area contributed by atoms with Gasteiger partial charge in [-0.2, -0.15) is 5.10 Å². The fourth-order valence-electron chi connectivity index (χ4n) is 1.90. The second-order valence-corrected chi connectivity index (χ2v) is 4.18. The molecule has 0 atom stereocenters. The van der Waals surface area contributed by atoms with Crippen molar-refractivity contribution in [2.24, 2.45) is 0 Å². The zero-order valence-corrected chi connectivity index (χ0v) is 9.82. The highest BCUT2D eigenvalue weighted by molar-refractivity contribution is 6.25. The van der Waals surface area contributed by atoms with Gasteiger partial charge in [0.05, 0.1) is 11.3 Å². The van der Waals surface area contributed by atoms with E-state index in [4.69, 9.17) is 0 Å². The van der Waals surface area contributed by atoms with Crippen molar-refractivity contribution in [2.75, 3.05) is 0 Å². The number of nitrogens with zero attached hydrogens (tertiary/aromatic N) is 1. The Balaban J connectivity index is 2.61. The Bertz CT molecular complexity index is 595. The van der Waals surface area contributed by atoms with Crippen molar-refractivity contribution < 1.29 is 14.7 Å². The highest BCUT2D eigenvalue weighted by Crippen LogP contribution is 2.23. The Hall–Kier alpha value is -2.24. The van der Waals surface area contributed by atoms with Crippen molar-refractivity contribution >= 4 is 17.3 Å². The topological polar surface area (TPSA) is 100 Å². The summed E-state index contributed by atoms with van der Waals surface area (Å²) in [6.07, 6.45) is 0.917. The fourth-order valence-corrected chi connectivity index (χ4v) is 1.90. The number of nitrogens with one attached hydrogen (secondary N) is 1. The monoisotopic (exact) mass is 248 g/mol. The molecule has 0 amide bonds. The number of allylic oxidation sites excluding steroid dienone is 1. The highest BCUT2D eigenvalue weighted by Gasteiger charge is 2.28. The van der Waals surface area contributed by atoms with Crippen LogP contribution in [0.15, 0.2) is 16.4 Å². The number of aliphatic hydroxyl groups is 1. The lowest BCUT2D eigenvalue weighted by molar-refractivity contribution is -0.123. The van der Waals surface area contributed by atoms with Gasteiger partial charge in [-0.1, -0.05) is 0 Å². The van der Waals surface area contributed by atoms with Gasteiger partial charge in [0.15, 0.2) is 11.6 Å². The van der Waals surface area contributed by atoms with Crippen LogP contribution in [0.1, 0.15) is 30.5 Å². The molecule has 18 heavy (non-hydrogen) atoms. The van der Waals surface area contributed by atoms with Crippen LogP contribution in [-0.2, 0) is 9.59 Å². The predicted octanol–water partition coefficient (Wildman–Crippen LogP) is 0.670. The number of hydrogen-bond acceptors (Lipinski definition) is 5. The number of H-pyrrole nitrogens is 1. The van der Waals surface area contributed by atoms with Crippen LogP contribution in [0.3, 0.4) is 0 Å². The molecule has 0 radical (unpaired) electrons. The van der Waals surface area contributed by atoms with Gasteiger partial charge >= 0.3 is 0 Å². The molecule has 6 nitrogen and oxygen atoms in total. The third kappa shape index (κ3) is 2.09. The van der Waals surface area contributed by atoms with Crippen LogP contribution in [0.4, 0.5) is 0 Å². The molecule has 1 heterocycles. The van der Waals surface area contributed by atoms with Gasteiger partial charge in [0.2, 0.25) is 0 Å². The number of hydrogen-bond donors (Lipinski definition) is 2. The molecule has 0 unspecified atom stereocenters. The fraction of sp³-hybridized carbons (Fsp3) is 0.333. The van der Waals surface area contributed by atoms with Crippen LogP contribution in [-0.4, -0.2) is 26.9 Å². The molecule has 1 fully saturated rings. The minimum atomic E-state index is -0.628. The molecule has 1 aromatic rings. The van der Waals surface area contributed by atoms with E-state index in [0.29, 0.717) is 12.1 Å². The van der Waals surface area contributed by atoms with E-state index in [9.17, 15) is 19.5 Å². The molecule has 0 aliphatic heterocycles. The standard InChI is InChI=1S/C12H12N2O4/c1-6-5-7(12(18)14-13-6)11(17)10-8(15)3-2-4-9(10)16/h5,17H,2-4H2,1H3,(H,14,18). The molecule has 0 bridgehead atoms. The first-order chi connectivity index (χ1) is 8.50. The molecule has 1 aromatic heterocycles. The third-order valence-corrected chi connectivity index (χ3v) is 2.79. The summed E-state index contributed by atoms with van der Waals surface area (Å²) in [5.41, 5.74) is -0.511. The summed E-state index contributed by atoms with van der Waals surface area (Å²) in [7, 11) is 0. The van der Waals surface area contributed by atoms with Crippen LogP contribution < -0.4 is 5.56 Å². The van der Waals surface area contributed by atoms with E-state index in [2.05, 4.69) is 10.2 Å². The van der Waals surface area contributed by atoms with Crippen LogP contribution in [0.5, 0.6) is 0 Å². The zero-order chi connectivity index (χ0) is 13.3. The summed E-state index contributed by atoms with van der Waals surface area (Å²) in [5, 5.41) is 15.8. The number of rotatable bonds is 1. The number of aliphatic hydroxyl groups excluding tert-OH is 1. The lowest BCUT2D eigenvalue weighted by atomic mass is 9.90. The molecular formula is C12H12N2O4. The molecule has 2 N–H and O–H groups in total. The largest absolute Gasteiger partial charge is 0.506 e. The van der Waals surface area contributed by atoms with Crippen molar-refractivity contribution in [3.05, 3.63) is 33.3 Å². The first-order valence-electron chi connectivity index (χ1n) is 5.57. The summed E-state index contributed by atoms with van der Waals surface area (Å²) in [6.45, 7) is 1.63. The van der Waals surface area contributed by atoms with Crippen LogP contribution >= 0.6 is 0 Å². The summed E-state index contributed by atoms with van der Waals surface area (Å²) >= 11 is 0. The summed E-state index contributed by atoms with van der Waals surface area (Å²) < 4.78 is 0. The molecule has 0 saturated heterocycles. The van der Waals surface area contributed by atoms with Crippen molar-refractivity contribution in [3.8, 4) is 0 Å². The van der Waals surface area contributed by atoms with Gasteiger partial charge in [0, 0.05) is 12.8 Å². The first-order valence-corrected chi connectivity index (χ1v) is 5.57. The van der Waals surface area contributed by atoms with Crippen molar-refractivity contribution in [2.45, 2.75) is 26.2 Å². The lowest BCUT2D eigenvalue weighted by Crippen LogP contribution is -2.23. The molecule has 2 rings (SSSR count). The van der Waals surface area contributed by atoms with E-state index in [1.54, 1.807) is 6.92 Å². The Morgan fingerprint density at radius 1 is 1.28 bits per heavy atom. The SMILES string of the molecule is Cc1cc(C(O)=C2C(=O)CCCC2=O)c(=O)[nH]n1. The number of aromatic amines is 1. The van der Waals surface area contributed by atoms with Crippen molar-refractivity contribution in [1.29, 1.82) is 0 Å². The number of ketones is 2. The molecule has 1 aliphatic rings. The predicted molar refractivity (Wildman–Crippen MR) is 63.0 cm³/mol. The van der Waals surface area contributed by atoms with Crippen LogP contribution in [0, 0.1) is 6.92 Å². The Morgan fingerprint density at radius 3 is 2.50 bits per heavy atom. The molecule has 1 aliphatic carbocycles. The Kier molecular flexibility index (Phi) is 3.10. The molecule has 0 spiro atoms. The maximum absolute atomic E-state index is 11.6. The average molecular weight is 248 g/mol. The quantitative estimate of drug-likeness (QED) is 0.432. The van der Waals surface area contributed by atoms with Crippen LogP contribution in [0.25, 0.3) is 5.76 Å². The van der Waals surface area contributed by atoms with Gasteiger partial charge < -0.3 is 5.11 Å². The second-order valence-electron chi connectivity index (χ2n) is 4.18. The third-order valence-electron chi connectivity index (χ3n) is 2.79. The molecule has 0 aromatic carbocycles. The van der Waals surface area contributed by atoms with Gasteiger partial charge in [-0.3, -0.25) is 14.4 Å². The highest BCUT2D eigenvalue weighted by atomic mass is 16.3. The Labute approximate surface area is 102 Å². The van der Waals surface area contributed by atoms with E-state index in [0.717, 1.165) is 0 Å². The normalized spacial score (nSPS) is 15.9. The van der Waals surface area contributed by atoms with Gasteiger partial charge in [-0.05, 0) is 19.4 Å². The summed E-state index contributed by atoms with van der Waals surface area (Å²) in [5.74, 6) is -1.38. The average Bonchev–Trinajstić information content (AvgIpc) is 2.32. The van der Waals surface area contributed by atoms with Gasteiger partial charge in [-0.25, -0.2) is 5.10 Å². The van der Waals surface area contributed by atoms with Crippen LogP contribution in [0.2, 0.25) is 0 Å². The van der Waals surface area contributed by atoms with E-state index < -0.39 is 22.9 Å². The van der Waals surface area contributed by atoms with Crippen molar-refractivity contribution in [3.63, 3.8) is 0 Å². The number of aromatic nitrogens is 2. The summed E-state index contributed by atoms with van der Waals surface area (Å²) in [6, 6.07) is 1.34. The molecular weight excluding hydrogens is 236 g/mol. The number of carbonyl (C=O) groups is 2. The number of aryl methyl sites for hydroxylation is 1. The van der Waals surface area contributed by atoms with Crippen molar-refractivity contribution in [1.82, 2.24) is 10.2 Å². The molecule has 1 saturated carbocycles. The number of carbonyl (C=O) groups excluding carboxylic acids is 2. The molecule has 94 valence electrons. The van der Waals surface area contributed by atoms with Gasteiger partial charge in [0.1, 0.15) is 11.3 Å². The zero-order valence-electron chi connectivity index (χ0n) is 9.82. The van der Waals surface area contributed by atoms with Gasteiger partial charge in [-0.15, -0.1) is 0 Å². The van der Waals surface area contributed by atoms with E-state index in [1.807, 2.05) is 0 Å². The second kappa shape index (κ2) is 4.56. The summed E-state index contributed by atoms with van der Waals surface area (Å²) in [4.78, 5) is 34.8. The smallest absolute Gasteiger partial charge is 0.275 e. The maximum atomic E-state index is 11.6. The molecule has 6 heteroatoms. The van der Waals surface area contributed by atoms with E-state index in [-0.39, 0.29) is 24.0 Å². The van der Waals surface area contributed by atoms with E-state index >= 15 is 0 Å². The minimum absolute atomic E-state index is 0.0962. The Morgan fingerprint density at radius 2 is 1.89 bits per heavy atom. The van der Waals surface area contributed by atoms with Gasteiger partial charge in [0.25, 0.3) is 5.56 Å². The first kappa shape index (κ1) is 12.2. The lowest BCUT2D eigenvalue weighted by Gasteiger charge is -2.13. The maximum Gasteiger partial charge on any atom is 0.275 e. The number of Topliss-reactive ketones (excluding diaryl/α,β-unsaturated/α-hetero) is 2.